The number of fused-ring (bicyclic) bond motifs is 6. The van der Waals surface area contributed by atoms with E-state index < -0.39 is 7.12 Å². The van der Waals surface area contributed by atoms with E-state index in [1.165, 1.54) is 147 Å². The minimum absolute atomic E-state index is 0.110. The maximum Gasteiger partial charge on any atom is 0.488 e. The van der Waals surface area contributed by atoms with E-state index in [0.717, 1.165) is 0 Å². The van der Waals surface area contributed by atoms with Gasteiger partial charge >= 0.3 is 7.12 Å². The van der Waals surface area contributed by atoms with Crippen LogP contribution in [0.3, 0.4) is 0 Å². The molecule has 4 fully saturated rings. The predicted molar refractivity (Wildman–Crippen MR) is 331 cm³/mol. The van der Waals surface area contributed by atoms with Crippen molar-refractivity contribution >= 4 is 44.4 Å². The Morgan fingerprint density at radius 2 is 0.582 bits per heavy atom. The van der Waals surface area contributed by atoms with Crippen molar-refractivity contribution < 1.29 is 10.0 Å². The minimum Gasteiger partial charge on any atom is -0.423 e. The van der Waals surface area contributed by atoms with Crippen molar-refractivity contribution in [2.75, 3.05) is 0 Å². The Labute approximate surface area is 488 Å². The fourth-order valence-corrected chi connectivity index (χ4v) is 16.5. The smallest absolute Gasteiger partial charge is 0.423 e. The molecule has 6 nitrogen and oxygen atoms in total. The van der Waals surface area contributed by atoms with Crippen molar-refractivity contribution in [2.45, 2.75) is 177 Å². The van der Waals surface area contributed by atoms with E-state index in [1.54, 1.807) is 34.4 Å². The van der Waals surface area contributed by atoms with E-state index in [-0.39, 0.29) is 27.1 Å². The zero-order valence-electron chi connectivity index (χ0n) is 47.9. The van der Waals surface area contributed by atoms with Crippen LogP contribution in [0.25, 0.3) is 44.5 Å². The van der Waals surface area contributed by atoms with Crippen LogP contribution >= 0.6 is 31.9 Å². The van der Waals surface area contributed by atoms with E-state index in [9.17, 15) is 0 Å². The van der Waals surface area contributed by atoms with Gasteiger partial charge in [0.05, 0.1) is 0 Å². The van der Waals surface area contributed by atoms with Crippen LogP contribution in [0.5, 0.6) is 0 Å². The first-order valence-electron chi connectivity index (χ1n) is 28.6. The summed E-state index contributed by atoms with van der Waals surface area (Å²) in [5.41, 5.74) is 24.2. The number of nitrogens with zero attached hydrogens (tertiary/aromatic N) is 4. The molecule has 406 valence electrons. The van der Waals surface area contributed by atoms with Crippen LogP contribution in [-0.2, 0) is 37.9 Å². The third kappa shape index (κ3) is 10.1. The summed E-state index contributed by atoms with van der Waals surface area (Å²) in [6, 6.07) is 54.8. The number of halogens is 2. The zero-order chi connectivity index (χ0) is 56.9. The van der Waals surface area contributed by atoms with Gasteiger partial charge in [0.15, 0.2) is 0 Å². The van der Waals surface area contributed by atoms with Crippen LogP contribution in [0.4, 0.5) is 0 Å². The van der Waals surface area contributed by atoms with E-state index in [2.05, 4.69) is 216 Å². The van der Waals surface area contributed by atoms with Crippen molar-refractivity contribution in [1.29, 1.82) is 21.6 Å². The summed E-state index contributed by atoms with van der Waals surface area (Å²) < 4.78 is 2.46. The van der Waals surface area contributed by atoms with Crippen LogP contribution in [0.2, 0.25) is 0 Å². The molecule has 7 aromatic carbocycles. The standard InChI is InChI=1S/C40H44.C20H18Br2.C10H15BO2.2N2/c1-37(2,3)31-15-9-27(10-16-31)29-13-19-33-34-20-14-30(28-11-17-32(18-12-28)38(4,5)6)26-36(34)40-23-7-21-39(40,22-8-24-40)35(33)25-29;21-13-3-5-15-16-6-4-14(22)12-18(16)20-8-1-7-19(20,9-2-10-20)17(15)11-13;1-10(2,3)8-4-6-9(7-5-8)11(12)13;2*1-2/h9-20,25-26H,7-8,21-24H2,1-6H3;3-6,11-12H,1-2,7-10H2;4-7,12-13H,1-3H3;;. The van der Waals surface area contributed by atoms with E-state index >= 15 is 0 Å². The molecule has 0 atom stereocenters. The summed E-state index contributed by atoms with van der Waals surface area (Å²) in [7, 11) is -1.37. The van der Waals surface area contributed by atoms with Crippen molar-refractivity contribution in [2.24, 2.45) is 0 Å². The Bertz CT molecular complexity index is 3180. The van der Waals surface area contributed by atoms with Crippen molar-refractivity contribution in [3.8, 4) is 44.5 Å². The average molecular weight is 1180 g/mol. The van der Waals surface area contributed by atoms with Crippen LogP contribution in [0.1, 0.15) is 178 Å². The fraction of sp³-hybridized carbons (Fsp3) is 0.400. The third-order valence-electron chi connectivity index (χ3n) is 19.5. The molecule has 0 heterocycles. The minimum atomic E-state index is -1.37. The molecule has 9 heteroatoms. The van der Waals surface area contributed by atoms with Crippen LogP contribution in [0, 0.1) is 21.6 Å². The molecule has 0 saturated heterocycles. The number of rotatable bonds is 3. The van der Waals surface area contributed by atoms with Crippen molar-refractivity contribution in [3.05, 3.63) is 193 Å². The zero-order valence-corrected chi connectivity index (χ0v) is 51.0. The van der Waals surface area contributed by atoms with Crippen molar-refractivity contribution in [3.63, 3.8) is 0 Å². The highest BCUT2D eigenvalue weighted by atomic mass is 79.9. The quantitative estimate of drug-likeness (QED) is 0.134. The lowest BCUT2D eigenvalue weighted by Crippen LogP contribution is -2.43. The Morgan fingerprint density at radius 1 is 0.342 bits per heavy atom. The molecular formula is C70H77BBr2N4O2. The largest absolute Gasteiger partial charge is 0.488 e. The lowest BCUT2D eigenvalue weighted by molar-refractivity contribution is 0.299. The van der Waals surface area contributed by atoms with E-state index in [1.807, 2.05) is 12.1 Å². The first-order valence-corrected chi connectivity index (χ1v) is 30.2. The van der Waals surface area contributed by atoms with E-state index in [0.29, 0.717) is 16.3 Å². The molecule has 0 unspecified atom stereocenters. The Hall–Kier alpha value is -5.68. The summed E-state index contributed by atoms with van der Waals surface area (Å²) in [6.45, 7) is 20.1. The van der Waals surface area contributed by atoms with Gasteiger partial charge in [0, 0.05) is 52.2 Å². The fourth-order valence-electron chi connectivity index (χ4n) is 15.8. The van der Waals surface area contributed by atoms with Gasteiger partial charge in [0.2, 0.25) is 0 Å². The van der Waals surface area contributed by atoms with Gasteiger partial charge in [0.25, 0.3) is 0 Å². The maximum atomic E-state index is 8.87. The lowest BCUT2D eigenvalue weighted by Gasteiger charge is -2.48. The monoisotopic (exact) mass is 1170 g/mol. The maximum absolute atomic E-state index is 8.87. The molecule has 0 aliphatic heterocycles. The SMILES string of the molecule is Brc1ccc2c(c1)C13CCCC1(CCC3)c1cc(Br)ccc1-2.CC(C)(C)c1ccc(-c2ccc3c(c2)C24CCCC2(CCC4)c2cc(-c4ccc(C(C)(C)C)cc4)ccc2-3)cc1.CC(C)(C)c1ccc(B(O)O)cc1.N#N.N#N. The Balaban J connectivity index is 0.000000162. The molecule has 6 aliphatic carbocycles. The molecule has 2 N–H and O–H groups in total. The number of hydrogen-bond donors (Lipinski definition) is 2. The second-order valence-corrected chi connectivity index (χ2v) is 28.4. The summed E-state index contributed by atoms with van der Waals surface area (Å²) in [5, 5.41) is 41.7. The number of benzene rings is 7. The average Bonchev–Trinajstić information content (AvgIpc) is 2.39. The van der Waals surface area contributed by atoms with Gasteiger partial charge in [-0.15, -0.1) is 0 Å². The van der Waals surface area contributed by atoms with Gasteiger partial charge in [-0.2, -0.15) is 0 Å². The van der Waals surface area contributed by atoms with Gasteiger partial charge < -0.3 is 10.0 Å². The van der Waals surface area contributed by atoms with Gasteiger partial charge in [-0.25, -0.2) is 0 Å². The normalized spacial score (nSPS) is 22.5. The van der Waals surface area contributed by atoms with Crippen LogP contribution < -0.4 is 5.46 Å². The number of hydrogen-bond acceptors (Lipinski definition) is 6. The van der Waals surface area contributed by atoms with Crippen molar-refractivity contribution in [1.82, 2.24) is 0 Å². The van der Waals surface area contributed by atoms with Gasteiger partial charge in [0.1, 0.15) is 0 Å². The van der Waals surface area contributed by atoms with Crippen LogP contribution in [0.15, 0.2) is 155 Å². The predicted octanol–water partition coefficient (Wildman–Crippen LogP) is 18.6. The lowest BCUT2D eigenvalue weighted by atomic mass is 9.55. The molecule has 13 rings (SSSR count). The molecule has 4 saturated carbocycles. The molecule has 7 aromatic rings. The first kappa shape index (κ1) is 58.0. The van der Waals surface area contributed by atoms with Gasteiger partial charge in [-0.05, 0) is 193 Å². The third-order valence-corrected chi connectivity index (χ3v) is 20.5. The summed E-state index contributed by atoms with van der Waals surface area (Å²) in [5.74, 6) is 0. The topological polar surface area (TPSA) is 136 Å². The molecule has 79 heavy (non-hydrogen) atoms. The molecule has 0 spiro atoms. The molecule has 0 aromatic heterocycles. The Morgan fingerprint density at radius 3 is 0.848 bits per heavy atom. The highest BCUT2D eigenvalue weighted by Crippen LogP contribution is 2.71. The Kier molecular flexibility index (Phi) is 16.1. The summed E-state index contributed by atoms with van der Waals surface area (Å²) in [6.07, 6.45) is 16.2. The molecule has 0 radical (unpaired) electrons. The first-order chi connectivity index (χ1) is 37.6. The van der Waals surface area contributed by atoms with E-state index in [4.69, 9.17) is 31.6 Å². The highest BCUT2D eigenvalue weighted by molar-refractivity contribution is 9.10. The summed E-state index contributed by atoms with van der Waals surface area (Å²) in [4.78, 5) is 0. The molecule has 0 bridgehead atoms. The highest BCUT2D eigenvalue weighted by Gasteiger charge is 2.63. The second-order valence-electron chi connectivity index (χ2n) is 26.5. The molecule has 0 amide bonds. The second kappa shape index (κ2) is 22.0. The molecule has 6 aliphatic rings. The molecular weight excluding hydrogens is 1100 g/mol. The van der Waals surface area contributed by atoms with Gasteiger partial charge in [-0.3, -0.25) is 0 Å². The summed E-state index contributed by atoms with van der Waals surface area (Å²) >= 11 is 7.45. The van der Waals surface area contributed by atoms with Crippen LogP contribution in [-0.4, -0.2) is 17.2 Å². The van der Waals surface area contributed by atoms with Gasteiger partial charge in [-0.1, -0.05) is 229 Å².